The van der Waals surface area contributed by atoms with Crippen LogP contribution in [-0.2, 0) is 0 Å². The van der Waals surface area contributed by atoms with Crippen molar-refractivity contribution in [2.45, 2.75) is 0 Å². The van der Waals surface area contributed by atoms with Crippen LogP contribution >= 0.6 is 23.2 Å². The van der Waals surface area contributed by atoms with Gasteiger partial charge >= 0.3 is 0 Å². The number of nitrogens with one attached hydrogen (secondary N) is 1. The second kappa shape index (κ2) is 7.15. The molecule has 0 spiro atoms. The van der Waals surface area contributed by atoms with Crippen LogP contribution in [0, 0.1) is 10.1 Å². The van der Waals surface area contributed by atoms with Crippen LogP contribution in [0.1, 0.15) is 0 Å². The Morgan fingerprint density at radius 3 is 2.52 bits per heavy atom. The first kappa shape index (κ1) is 15.4. The average Bonchev–Trinajstić information content (AvgIpc) is 2.48. The van der Waals surface area contributed by atoms with Crippen molar-refractivity contribution >= 4 is 34.6 Å². The van der Waals surface area contributed by atoms with Crippen molar-refractivity contribution in [2.24, 2.45) is 0 Å². The molecule has 1 N–H and O–H groups in total. The highest BCUT2D eigenvalue weighted by molar-refractivity contribution is 6.43. The minimum Gasteiger partial charge on any atom is -0.492 e. The Morgan fingerprint density at radius 2 is 1.86 bits per heavy atom. The molecule has 2 aromatic rings. The van der Waals surface area contributed by atoms with Crippen LogP contribution < -0.4 is 10.1 Å². The highest BCUT2D eigenvalue weighted by atomic mass is 35.5. The van der Waals surface area contributed by atoms with Gasteiger partial charge in [0.15, 0.2) is 0 Å². The van der Waals surface area contributed by atoms with Gasteiger partial charge in [0.05, 0.1) is 20.7 Å². The van der Waals surface area contributed by atoms with Crippen LogP contribution in [0.15, 0.2) is 42.5 Å². The summed E-state index contributed by atoms with van der Waals surface area (Å²) >= 11 is 11.9. The quantitative estimate of drug-likeness (QED) is 0.485. The number of hydrogen-bond donors (Lipinski definition) is 1. The lowest BCUT2D eigenvalue weighted by Gasteiger charge is -2.10. The van der Waals surface area contributed by atoms with Crippen LogP contribution in [0.2, 0.25) is 10.0 Å². The summed E-state index contributed by atoms with van der Waals surface area (Å²) < 4.78 is 5.47. The number of benzene rings is 2. The summed E-state index contributed by atoms with van der Waals surface area (Å²) in [6.45, 7) is 0.914. The first-order chi connectivity index (χ1) is 10.1. The molecule has 0 saturated carbocycles. The highest BCUT2D eigenvalue weighted by Crippen LogP contribution is 2.29. The molecule has 0 amide bonds. The molecule has 110 valence electrons. The van der Waals surface area contributed by atoms with Gasteiger partial charge in [-0.25, -0.2) is 0 Å². The van der Waals surface area contributed by atoms with Crippen LogP contribution in [0.5, 0.6) is 5.75 Å². The Labute approximate surface area is 131 Å². The fraction of sp³-hybridized carbons (Fsp3) is 0.143. The van der Waals surface area contributed by atoms with Crippen molar-refractivity contribution in [2.75, 3.05) is 18.5 Å². The topological polar surface area (TPSA) is 64.4 Å². The molecule has 0 radical (unpaired) electrons. The summed E-state index contributed by atoms with van der Waals surface area (Å²) in [5.74, 6) is 0.569. The number of halogens is 2. The van der Waals surface area contributed by atoms with E-state index in [1.54, 1.807) is 24.3 Å². The number of non-ortho nitro benzene ring substituents is 1. The zero-order valence-electron chi connectivity index (χ0n) is 10.9. The monoisotopic (exact) mass is 326 g/mol. The van der Waals surface area contributed by atoms with Crippen LogP contribution in [0.3, 0.4) is 0 Å². The summed E-state index contributed by atoms with van der Waals surface area (Å²) in [6.07, 6.45) is 0. The van der Waals surface area contributed by atoms with Gasteiger partial charge in [-0.15, -0.1) is 0 Å². The minimum atomic E-state index is -0.452. The van der Waals surface area contributed by atoms with Crippen molar-refractivity contribution in [3.05, 3.63) is 62.6 Å². The summed E-state index contributed by atoms with van der Waals surface area (Å²) in [4.78, 5) is 10.1. The van der Waals surface area contributed by atoms with Gasteiger partial charge in [-0.2, -0.15) is 0 Å². The third-order valence-electron chi connectivity index (χ3n) is 2.69. The summed E-state index contributed by atoms with van der Waals surface area (Å²) in [5.41, 5.74) is 0.766. The third-order valence-corrected chi connectivity index (χ3v) is 3.50. The van der Waals surface area contributed by atoms with Crippen molar-refractivity contribution in [1.82, 2.24) is 0 Å². The van der Waals surface area contributed by atoms with E-state index in [-0.39, 0.29) is 5.69 Å². The van der Waals surface area contributed by atoms with E-state index in [0.717, 1.165) is 5.69 Å². The molecule has 0 fully saturated rings. The molecule has 21 heavy (non-hydrogen) atoms. The van der Waals surface area contributed by atoms with Crippen molar-refractivity contribution in [3.63, 3.8) is 0 Å². The van der Waals surface area contributed by atoms with E-state index in [0.29, 0.717) is 28.9 Å². The Hall–Kier alpha value is -1.98. The SMILES string of the molecule is O=[N+]([O-])c1ccc(OCCNc2cccc(Cl)c2Cl)cc1. The first-order valence-electron chi connectivity index (χ1n) is 6.13. The molecule has 2 rings (SSSR count). The molecule has 0 aliphatic rings. The molecule has 0 heterocycles. The molecule has 2 aromatic carbocycles. The van der Waals surface area contributed by atoms with Gasteiger partial charge in [-0.3, -0.25) is 10.1 Å². The van der Waals surface area contributed by atoms with Crippen molar-refractivity contribution < 1.29 is 9.66 Å². The van der Waals surface area contributed by atoms with Gasteiger partial charge in [-0.05, 0) is 24.3 Å². The van der Waals surface area contributed by atoms with E-state index in [1.165, 1.54) is 12.1 Å². The Kier molecular flexibility index (Phi) is 5.25. The van der Waals surface area contributed by atoms with E-state index in [4.69, 9.17) is 27.9 Å². The minimum absolute atomic E-state index is 0.0335. The number of anilines is 1. The number of ether oxygens (including phenoxy) is 1. The Balaban J connectivity index is 1.82. The molecule has 0 aromatic heterocycles. The Bertz CT molecular complexity index is 633. The van der Waals surface area contributed by atoms with Gasteiger partial charge in [0, 0.05) is 18.7 Å². The van der Waals surface area contributed by atoms with Crippen LogP contribution in [-0.4, -0.2) is 18.1 Å². The lowest BCUT2D eigenvalue weighted by atomic mass is 10.3. The fourth-order valence-electron chi connectivity index (χ4n) is 1.66. The van der Waals surface area contributed by atoms with Crippen LogP contribution in [0.4, 0.5) is 11.4 Å². The molecule has 0 saturated heterocycles. The number of nitrogens with zero attached hydrogens (tertiary/aromatic N) is 1. The van der Waals surface area contributed by atoms with Gasteiger partial charge < -0.3 is 10.1 Å². The third kappa shape index (κ3) is 4.24. The van der Waals surface area contributed by atoms with Gasteiger partial charge in [0.25, 0.3) is 5.69 Å². The highest BCUT2D eigenvalue weighted by Gasteiger charge is 2.05. The zero-order chi connectivity index (χ0) is 15.2. The standard InChI is InChI=1S/C14H12Cl2N2O3/c15-12-2-1-3-13(14(12)16)17-8-9-21-11-6-4-10(5-7-11)18(19)20/h1-7,17H,8-9H2. The summed E-state index contributed by atoms with van der Waals surface area (Å²) in [6, 6.07) is 11.2. The lowest BCUT2D eigenvalue weighted by Crippen LogP contribution is -2.11. The maximum Gasteiger partial charge on any atom is 0.269 e. The van der Waals surface area contributed by atoms with E-state index >= 15 is 0 Å². The fourth-order valence-corrected chi connectivity index (χ4v) is 2.03. The Morgan fingerprint density at radius 1 is 1.14 bits per heavy atom. The largest absolute Gasteiger partial charge is 0.492 e. The predicted molar refractivity (Wildman–Crippen MR) is 83.5 cm³/mol. The predicted octanol–water partition coefficient (Wildman–Crippen LogP) is 4.39. The van der Waals surface area contributed by atoms with E-state index in [9.17, 15) is 10.1 Å². The first-order valence-corrected chi connectivity index (χ1v) is 6.88. The normalized spacial score (nSPS) is 10.2. The second-order valence-electron chi connectivity index (χ2n) is 4.13. The van der Waals surface area contributed by atoms with Gasteiger partial charge in [-0.1, -0.05) is 29.3 Å². The van der Waals surface area contributed by atoms with Gasteiger partial charge in [0.1, 0.15) is 12.4 Å². The maximum absolute atomic E-state index is 10.5. The maximum atomic E-state index is 10.5. The average molecular weight is 327 g/mol. The van der Waals surface area contributed by atoms with Gasteiger partial charge in [0.2, 0.25) is 0 Å². The molecule has 7 heteroatoms. The number of hydrogen-bond acceptors (Lipinski definition) is 4. The number of rotatable bonds is 6. The molecule has 0 bridgehead atoms. The van der Waals surface area contributed by atoms with Crippen LogP contribution in [0.25, 0.3) is 0 Å². The van der Waals surface area contributed by atoms with E-state index in [1.807, 2.05) is 6.07 Å². The van der Waals surface area contributed by atoms with E-state index < -0.39 is 4.92 Å². The molecule has 0 unspecified atom stereocenters. The molecule has 0 aliphatic heterocycles. The molecular formula is C14H12Cl2N2O3. The number of nitro benzene ring substituents is 1. The lowest BCUT2D eigenvalue weighted by molar-refractivity contribution is -0.384. The van der Waals surface area contributed by atoms with Crippen molar-refractivity contribution in [3.8, 4) is 5.75 Å². The second-order valence-corrected chi connectivity index (χ2v) is 4.91. The molecule has 0 atom stereocenters. The smallest absolute Gasteiger partial charge is 0.269 e. The van der Waals surface area contributed by atoms with E-state index in [2.05, 4.69) is 5.32 Å². The molecular weight excluding hydrogens is 315 g/mol. The zero-order valence-corrected chi connectivity index (χ0v) is 12.4. The van der Waals surface area contributed by atoms with Crippen molar-refractivity contribution in [1.29, 1.82) is 0 Å². The summed E-state index contributed by atoms with van der Waals surface area (Å²) in [7, 11) is 0. The number of nitro groups is 1. The molecule has 0 aliphatic carbocycles. The molecule has 5 nitrogen and oxygen atoms in total. The summed E-state index contributed by atoms with van der Waals surface area (Å²) in [5, 5.41) is 14.6.